The van der Waals surface area contributed by atoms with Crippen molar-refractivity contribution in [2.45, 2.75) is 20.3 Å². The molecule has 0 spiro atoms. The van der Waals surface area contributed by atoms with Gasteiger partial charge in [-0.3, -0.25) is 4.79 Å². The van der Waals surface area contributed by atoms with Gasteiger partial charge >= 0.3 is 0 Å². The number of rotatable bonds is 7. The molecule has 1 atom stereocenters. The van der Waals surface area contributed by atoms with Gasteiger partial charge in [0.1, 0.15) is 11.5 Å². The van der Waals surface area contributed by atoms with Crippen molar-refractivity contribution in [2.24, 2.45) is 17.6 Å². The summed E-state index contributed by atoms with van der Waals surface area (Å²) in [4.78, 5) is 12.2. The summed E-state index contributed by atoms with van der Waals surface area (Å²) < 4.78 is 10.4. The van der Waals surface area contributed by atoms with Crippen LogP contribution in [0.4, 0.5) is 5.69 Å². The quantitative estimate of drug-likeness (QED) is 0.803. The predicted molar refractivity (Wildman–Crippen MR) is 80.2 cm³/mol. The fraction of sp³-hybridized carbons (Fsp3) is 0.533. The number of nitrogens with one attached hydrogen (secondary N) is 1. The van der Waals surface area contributed by atoms with Crippen LogP contribution in [0, 0.1) is 11.8 Å². The molecule has 0 saturated carbocycles. The second-order valence-electron chi connectivity index (χ2n) is 5.12. The topological polar surface area (TPSA) is 73.6 Å². The molecule has 1 unspecified atom stereocenters. The number of methoxy groups -OCH3 is 2. The van der Waals surface area contributed by atoms with Gasteiger partial charge in [0.25, 0.3) is 0 Å². The zero-order chi connectivity index (χ0) is 15.1. The van der Waals surface area contributed by atoms with E-state index in [-0.39, 0.29) is 11.8 Å². The summed E-state index contributed by atoms with van der Waals surface area (Å²) in [5.74, 6) is 1.40. The monoisotopic (exact) mass is 280 g/mol. The molecule has 0 bridgehead atoms. The molecule has 5 nitrogen and oxygen atoms in total. The van der Waals surface area contributed by atoms with Gasteiger partial charge in [0.2, 0.25) is 5.91 Å². The molecule has 1 aromatic carbocycles. The van der Waals surface area contributed by atoms with Crippen molar-refractivity contribution in [3.8, 4) is 11.5 Å². The minimum Gasteiger partial charge on any atom is -0.497 e. The Balaban J connectivity index is 2.83. The molecular formula is C15H24N2O3. The average Bonchev–Trinajstić information content (AvgIpc) is 2.44. The second-order valence-corrected chi connectivity index (χ2v) is 5.12. The molecule has 20 heavy (non-hydrogen) atoms. The molecule has 0 aromatic heterocycles. The number of ether oxygens (including phenoxy) is 2. The van der Waals surface area contributed by atoms with E-state index in [1.165, 1.54) is 0 Å². The number of hydrogen-bond acceptors (Lipinski definition) is 4. The summed E-state index contributed by atoms with van der Waals surface area (Å²) in [6, 6.07) is 5.27. The third-order valence-electron chi connectivity index (χ3n) is 3.08. The Hall–Kier alpha value is -1.75. The van der Waals surface area contributed by atoms with E-state index in [1.54, 1.807) is 32.4 Å². The van der Waals surface area contributed by atoms with E-state index in [2.05, 4.69) is 19.2 Å². The van der Waals surface area contributed by atoms with Crippen LogP contribution >= 0.6 is 0 Å². The Kier molecular flexibility index (Phi) is 6.31. The van der Waals surface area contributed by atoms with Crippen molar-refractivity contribution in [3.05, 3.63) is 18.2 Å². The number of amides is 1. The molecule has 5 heteroatoms. The minimum atomic E-state index is -0.193. The van der Waals surface area contributed by atoms with E-state index >= 15 is 0 Å². The summed E-state index contributed by atoms with van der Waals surface area (Å²) in [6.45, 7) is 4.48. The van der Waals surface area contributed by atoms with E-state index < -0.39 is 0 Å². The third-order valence-corrected chi connectivity index (χ3v) is 3.08. The van der Waals surface area contributed by atoms with Crippen LogP contribution in [0.3, 0.4) is 0 Å². The zero-order valence-corrected chi connectivity index (χ0v) is 12.6. The lowest BCUT2D eigenvalue weighted by Crippen LogP contribution is -2.30. The first-order valence-corrected chi connectivity index (χ1v) is 6.74. The largest absolute Gasteiger partial charge is 0.497 e. The fourth-order valence-corrected chi connectivity index (χ4v) is 2.02. The maximum atomic E-state index is 12.2. The number of carbonyl (C=O) groups excluding carboxylic acids is 1. The van der Waals surface area contributed by atoms with Gasteiger partial charge in [-0.1, -0.05) is 13.8 Å². The maximum Gasteiger partial charge on any atom is 0.228 e. The molecule has 1 aromatic rings. The van der Waals surface area contributed by atoms with Gasteiger partial charge in [0.15, 0.2) is 0 Å². The van der Waals surface area contributed by atoms with Crippen LogP contribution < -0.4 is 20.5 Å². The van der Waals surface area contributed by atoms with Crippen LogP contribution in [0.2, 0.25) is 0 Å². The Morgan fingerprint density at radius 1 is 1.30 bits per heavy atom. The first-order valence-electron chi connectivity index (χ1n) is 6.74. The predicted octanol–water partition coefficient (Wildman–Crippen LogP) is 2.26. The van der Waals surface area contributed by atoms with Crippen LogP contribution in [0.25, 0.3) is 0 Å². The number of benzene rings is 1. The molecule has 0 fully saturated rings. The van der Waals surface area contributed by atoms with E-state index in [1.807, 2.05) is 0 Å². The smallest absolute Gasteiger partial charge is 0.228 e. The normalized spacial score (nSPS) is 12.1. The van der Waals surface area contributed by atoms with Crippen LogP contribution in [0.15, 0.2) is 18.2 Å². The molecule has 3 N–H and O–H groups in total. The molecule has 0 heterocycles. The summed E-state index contributed by atoms with van der Waals surface area (Å²) >= 11 is 0. The minimum absolute atomic E-state index is 0.0790. The number of hydrogen-bond donors (Lipinski definition) is 2. The van der Waals surface area contributed by atoms with Gasteiger partial charge in [-0.05, 0) is 24.5 Å². The summed E-state index contributed by atoms with van der Waals surface area (Å²) in [6.07, 6.45) is 0.765. The highest BCUT2D eigenvalue weighted by Gasteiger charge is 2.19. The third kappa shape index (κ3) is 4.42. The molecule has 0 radical (unpaired) electrons. The van der Waals surface area contributed by atoms with Gasteiger partial charge in [-0.15, -0.1) is 0 Å². The standard InChI is InChI=1S/C15H24N2O3/c1-10(2)7-11(9-16)15(18)17-13-6-5-12(19-3)8-14(13)20-4/h5-6,8,10-11H,7,9,16H2,1-4H3,(H,17,18). The highest BCUT2D eigenvalue weighted by molar-refractivity contribution is 5.94. The van der Waals surface area contributed by atoms with Crippen molar-refractivity contribution in [3.63, 3.8) is 0 Å². The molecule has 0 saturated heterocycles. The Morgan fingerprint density at radius 3 is 2.50 bits per heavy atom. The van der Waals surface area contributed by atoms with Gasteiger partial charge in [-0.2, -0.15) is 0 Å². The Labute approximate surface area is 120 Å². The zero-order valence-electron chi connectivity index (χ0n) is 12.6. The van der Waals surface area contributed by atoms with Crippen LogP contribution in [-0.4, -0.2) is 26.7 Å². The lowest BCUT2D eigenvalue weighted by molar-refractivity contribution is -0.120. The average molecular weight is 280 g/mol. The number of nitrogens with two attached hydrogens (primary N) is 1. The highest BCUT2D eigenvalue weighted by atomic mass is 16.5. The van der Waals surface area contributed by atoms with Gasteiger partial charge < -0.3 is 20.5 Å². The lowest BCUT2D eigenvalue weighted by atomic mass is 9.96. The van der Waals surface area contributed by atoms with Crippen molar-refractivity contribution in [1.82, 2.24) is 0 Å². The molecular weight excluding hydrogens is 256 g/mol. The second kappa shape index (κ2) is 7.75. The first-order chi connectivity index (χ1) is 9.51. The van der Waals surface area contributed by atoms with E-state index in [4.69, 9.17) is 15.2 Å². The van der Waals surface area contributed by atoms with Crippen molar-refractivity contribution in [2.75, 3.05) is 26.1 Å². The number of carbonyl (C=O) groups is 1. The van der Waals surface area contributed by atoms with Gasteiger partial charge in [0, 0.05) is 12.6 Å². The van der Waals surface area contributed by atoms with Crippen molar-refractivity contribution < 1.29 is 14.3 Å². The molecule has 0 aliphatic rings. The van der Waals surface area contributed by atoms with Gasteiger partial charge in [0.05, 0.1) is 25.8 Å². The number of anilines is 1. The molecule has 0 aliphatic heterocycles. The maximum absolute atomic E-state index is 12.2. The van der Waals surface area contributed by atoms with Crippen LogP contribution in [-0.2, 0) is 4.79 Å². The lowest BCUT2D eigenvalue weighted by Gasteiger charge is -2.18. The molecule has 112 valence electrons. The van der Waals surface area contributed by atoms with Crippen molar-refractivity contribution in [1.29, 1.82) is 0 Å². The Bertz CT molecular complexity index is 447. The fourth-order valence-electron chi connectivity index (χ4n) is 2.02. The van der Waals surface area contributed by atoms with Gasteiger partial charge in [-0.25, -0.2) is 0 Å². The molecule has 1 amide bonds. The van der Waals surface area contributed by atoms with E-state index in [0.717, 1.165) is 6.42 Å². The SMILES string of the molecule is COc1ccc(NC(=O)C(CN)CC(C)C)c(OC)c1. The van der Waals surface area contributed by atoms with E-state index in [0.29, 0.717) is 29.6 Å². The first kappa shape index (κ1) is 16.3. The van der Waals surface area contributed by atoms with Crippen LogP contribution in [0.5, 0.6) is 11.5 Å². The molecule has 1 rings (SSSR count). The van der Waals surface area contributed by atoms with Crippen molar-refractivity contribution >= 4 is 11.6 Å². The highest BCUT2D eigenvalue weighted by Crippen LogP contribution is 2.29. The van der Waals surface area contributed by atoms with E-state index in [9.17, 15) is 4.79 Å². The van der Waals surface area contributed by atoms with Crippen LogP contribution in [0.1, 0.15) is 20.3 Å². The summed E-state index contributed by atoms with van der Waals surface area (Å²) in [7, 11) is 3.14. The Morgan fingerprint density at radius 2 is 2.00 bits per heavy atom. The molecule has 0 aliphatic carbocycles. The summed E-state index contributed by atoms with van der Waals surface area (Å²) in [5.41, 5.74) is 6.31. The summed E-state index contributed by atoms with van der Waals surface area (Å²) in [5, 5.41) is 2.87.